The Balaban J connectivity index is 0.00000264. The molecule has 2 heterocycles. The average molecular weight is 377 g/mol. The molecule has 0 unspecified atom stereocenters. The molecule has 0 bridgehead atoms. The van der Waals surface area contributed by atoms with Gasteiger partial charge in [0.25, 0.3) is 12.1 Å². The molecule has 23 heavy (non-hydrogen) atoms. The Bertz CT molecular complexity index is 611. The van der Waals surface area contributed by atoms with E-state index in [1.807, 2.05) is 0 Å². The number of nitrogens with zero attached hydrogens (tertiary/aromatic N) is 1. The van der Waals surface area contributed by atoms with E-state index in [0.29, 0.717) is 0 Å². The number of aliphatic hydroxyl groups is 2. The second-order valence-electron chi connectivity index (χ2n) is 4.74. The van der Waals surface area contributed by atoms with E-state index in [1.54, 1.807) is 0 Å². The van der Waals surface area contributed by atoms with Gasteiger partial charge in [-0.3, -0.25) is 9.32 Å². The van der Waals surface area contributed by atoms with Gasteiger partial charge in [0.05, 0.1) is 6.61 Å². The van der Waals surface area contributed by atoms with E-state index in [4.69, 9.17) is 20.3 Å². The van der Waals surface area contributed by atoms with Crippen molar-refractivity contribution in [3.8, 4) is 0 Å². The third-order valence-electron chi connectivity index (χ3n) is 3.14. The van der Waals surface area contributed by atoms with Gasteiger partial charge in [-0.25, -0.2) is 4.57 Å². The number of phosphoric acid groups is 1. The van der Waals surface area contributed by atoms with E-state index in [9.17, 15) is 19.6 Å². The van der Waals surface area contributed by atoms with Gasteiger partial charge in [-0.2, -0.15) is 4.57 Å². The summed E-state index contributed by atoms with van der Waals surface area (Å²) >= 11 is 0. The summed E-state index contributed by atoms with van der Waals surface area (Å²) < 4.78 is 21.6. The monoisotopic (exact) mass is 377 g/mol. The van der Waals surface area contributed by atoms with Crippen LogP contribution in [0.3, 0.4) is 0 Å². The molecule has 1 aliphatic rings. The van der Waals surface area contributed by atoms with Crippen LogP contribution in [0.4, 0.5) is 0 Å². The van der Waals surface area contributed by atoms with Gasteiger partial charge < -0.3 is 30.5 Å². The first kappa shape index (κ1) is 20.9. The molecule has 1 saturated heterocycles. The molecular formula is C11H18CaN2O8P+. The summed E-state index contributed by atoms with van der Waals surface area (Å²) in [7, 11) is -4.72. The van der Waals surface area contributed by atoms with Crippen LogP contribution in [0, 0.1) is 0 Å². The molecule has 1 amide bonds. The van der Waals surface area contributed by atoms with Gasteiger partial charge in [0.15, 0.2) is 18.5 Å². The van der Waals surface area contributed by atoms with Crippen LogP contribution in [-0.2, 0) is 13.8 Å². The maximum atomic E-state index is 11.1. The topological polar surface area (TPSA) is 163 Å². The molecule has 0 saturated carbocycles. The van der Waals surface area contributed by atoms with Gasteiger partial charge in [-0.05, 0) is 6.07 Å². The first-order valence-electron chi connectivity index (χ1n) is 6.21. The quantitative estimate of drug-likeness (QED) is 0.204. The molecule has 0 aromatic carbocycles. The molecule has 10 nitrogen and oxygen atoms in total. The Morgan fingerprint density at radius 2 is 2.04 bits per heavy atom. The summed E-state index contributed by atoms with van der Waals surface area (Å²) in [5, 5.41) is 19.8. The number of hydrogen-bond donors (Lipinski definition) is 5. The number of nitrogens with two attached hydrogens (primary N) is 1. The van der Waals surface area contributed by atoms with E-state index >= 15 is 0 Å². The fraction of sp³-hybridized carbons (Fsp3) is 0.455. The number of carbonyl (C=O) groups excluding carboxylic acids is 1. The van der Waals surface area contributed by atoms with Crippen LogP contribution in [0.2, 0.25) is 0 Å². The molecular weight excluding hydrogens is 359 g/mol. The van der Waals surface area contributed by atoms with Gasteiger partial charge in [-0.1, -0.05) is 0 Å². The third-order valence-corrected chi connectivity index (χ3v) is 3.63. The number of aromatic nitrogens is 1. The van der Waals surface area contributed by atoms with E-state index in [0.717, 1.165) is 0 Å². The predicted molar refractivity (Wildman–Crippen MR) is 77.6 cm³/mol. The number of aliphatic hydroxyl groups excluding tert-OH is 2. The molecule has 1 aliphatic heterocycles. The normalized spacial score (nSPS) is 27.5. The molecule has 1 fully saturated rings. The Hall–Kier alpha value is -0.130. The van der Waals surface area contributed by atoms with Crippen molar-refractivity contribution in [1.29, 1.82) is 0 Å². The first-order chi connectivity index (χ1) is 10.2. The van der Waals surface area contributed by atoms with Crippen molar-refractivity contribution in [3.05, 3.63) is 30.1 Å². The number of hydrogen-bond acceptors (Lipinski definition) is 6. The Kier molecular flexibility index (Phi) is 7.55. The maximum absolute atomic E-state index is 11.1. The summed E-state index contributed by atoms with van der Waals surface area (Å²) in [6, 6.07) is 2.97. The number of carbonyl (C=O) groups is 1. The van der Waals surface area contributed by atoms with Crippen molar-refractivity contribution in [2.24, 2.45) is 5.73 Å². The SMILES string of the molecule is NC(=O)c1ccc[n+]([C@@H]2O[C@H](COP(=O)(O)O)[C@H](O)[C@H]2O)c1.[CaH2]. The van der Waals surface area contributed by atoms with Gasteiger partial charge in [0.1, 0.15) is 17.8 Å². The predicted octanol–water partition coefficient (Wildman–Crippen LogP) is -3.11. The first-order valence-corrected chi connectivity index (χ1v) is 7.74. The Labute approximate surface area is 161 Å². The molecule has 6 N–H and O–H groups in total. The van der Waals surface area contributed by atoms with Crippen molar-refractivity contribution >= 4 is 51.5 Å². The van der Waals surface area contributed by atoms with Crippen LogP contribution in [0.1, 0.15) is 16.6 Å². The van der Waals surface area contributed by atoms with E-state index < -0.39 is 44.9 Å². The molecule has 0 aliphatic carbocycles. The summed E-state index contributed by atoms with van der Waals surface area (Å²) in [6.45, 7) is -0.602. The number of pyridine rings is 1. The standard InChI is InChI=1S/C11H15N2O8P.Ca.2H/c12-10(16)6-2-1-3-13(4-6)11-9(15)8(14)7(21-11)5-20-22(17,18)19;;;/h1-4,7-9,11,14-15H,5H2,(H3-,12,16,17,18,19);;;/p+1/t7-,8+,9-,11-;;;/m1.../s1. The van der Waals surface area contributed by atoms with Crippen molar-refractivity contribution in [2.75, 3.05) is 6.61 Å². The van der Waals surface area contributed by atoms with E-state index in [1.165, 1.54) is 29.1 Å². The molecule has 0 radical (unpaired) electrons. The summed E-state index contributed by atoms with van der Waals surface area (Å²) in [6.07, 6.45) is -2.18. The fourth-order valence-electron chi connectivity index (χ4n) is 2.08. The van der Waals surface area contributed by atoms with Crippen LogP contribution in [-0.4, -0.2) is 88.6 Å². The van der Waals surface area contributed by atoms with E-state index in [-0.39, 0.29) is 43.3 Å². The van der Waals surface area contributed by atoms with Gasteiger partial charge >= 0.3 is 45.6 Å². The van der Waals surface area contributed by atoms with Crippen LogP contribution in [0.15, 0.2) is 24.5 Å². The van der Waals surface area contributed by atoms with Crippen LogP contribution in [0.25, 0.3) is 0 Å². The summed E-state index contributed by atoms with van der Waals surface area (Å²) in [4.78, 5) is 28.4. The van der Waals surface area contributed by atoms with Crippen molar-refractivity contribution in [1.82, 2.24) is 0 Å². The van der Waals surface area contributed by atoms with E-state index in [2.05, 4.69) is 4.52 Å². The molecule has 12 heteroatoms. The number of ether oxygens (including phenoxy) is 1. The fourth-order valence-corrected chi connectivity index (χ4v) is 2.42. The second kappa shape index (κ2) is 8.30. The van der Waals surface area contributed by atoms with Gasteiger partial charge in [0.2, 0.25) is 0 Å². The molecule has 1 aromatic rings. The number of rotatable bonds is 5. The van der Waals surface area contributed by atoms with Gasteiger partial charge in [0, 0.05) is 6.07 Å². The minimum absolute atomic E-state index is 0. The molecule has 0 spiro atoms. The zero-order valence-corrected chi connectivity index (χ0v) is 12.1. The van der Waals surface area contributed by atoms with Crippen LogP contribution in [0.5, 0.6) is 0 Å². The average Bonchev–Trinajstić information content (AvgIpc) is 2.72. The molecule has 126 valence electrons. The molecule has 4 atom stereocenters. The van der Waals surface area contributed by atoms with Crippen molar-refractivity contribution in [3.63, 3.8) is 0 Å². The van der Waals surface area contributed by atoms with Gasteiger partial charge in [-0.15, -0.1) is 0 Å². The molecule has 2 rings (SSSR count). The summed E-state index contributed by atoms with van der Waals surface area (Å²) in [5.41, 5.74) is 5.32. The summed E-state index contributed by atoms with van der Waals surface area (Å²) in [5.74, 6) is -0.677. The number of amides is 1. The van der Waals surface area contributed by atoms with Crippen LogP contribution >= 0.6 is 7.82 Å². The second-order valence-corrected chi connectivity index (χ2v) is 5.98. The number of primary amides is 1. The Morgan fingerprint density at radius 1 is 1.39 bits per heavy atom. The molecule has 1 aromatic heterocycles. The zero-order chi connectivity index (χ0) is 16.5. The van der Waals surface area contributed by atoms with Crippen molar-refractivity contribution in [2.45, 2.75) is 24.5 Å². The van der Waals surface area contributed by atoms with Crippen molar-refractivity contribution < 1.29 is 43.2 Å². The third kappa shape index (κ3) is 5.43. The number of phosphoric ester groups is 1. The Morgan fingerprint density at radius 3 is 2.61 bits per heavy atom. The zero-order valence-electron chi connectivity index (χ0n) is 11.2. The van der Waals surface area contributed by atoms with Crippen LogP contribution < -0.4 is 10.3 Å². The minimum atomic E-state index is -4.72.